The molecular formula is C13H18F2N2O. The Morgan fingerprint density at radius 1 is 1.17 bits per heavy atom. The van der Waals surface area contributed by atoms with Gasteiger partial charge in [0.05, 0.1) is 6.10 Å². The Morgan fingerprint density at radius 3 is 2.39 bits per heavy atom. The zero-order valence-corrected chi connectivity index (χ0v) is 10.2. The van der Waals surface area contributed by atoms with Crippen molar-refractivity contribution in [2.45, 2.75) is 18.9 Å². The Balaban J connectivity index is 1.79. The molecule has 18 heavy (non-hydrogen) atoms. The Morgan fingerprint density at radius 2 is 1.78 bits per heavy atom. The molecule has 2 rings (SSSR count). The van der Waals surface area contributed by atoms with Gasteiger partial charge in [-0.1, -0.05) is 0 Å². The second kappa shape index (κ2) is 6.11. The molecule has 0 aromatic heterocycles. The molecule has 1 atom stereocenters. The van der Waals surface area contributed by atoms with Crippen molar-refractivity contribution in [1.82, 2.24) is 4.90 Å². The molecule has 0 spiro atoms. The largest absolute Gasteiger partial charge is 0.390 e. The highest BCUT2D eigenvalue weighted by atomic mass is 19.1. The number of β-amino-alcohol motifs (C(OH)–C–C–N with tert-alkyl or cyclic N) is 1. The highest BCUT2D eigenvalue weighted by molar-refractivity contribution is 5.43. The highest BCUT2D eigenvalue weighted by Gasteiger charge is 2.15. The molecule has 2 N–H and O–H groups in total. The van der Waals surface area contributed by atoms with E-state index < -0.39 is 17.7 Å². The van der Waals surface area contributed by atoms with Crippen molar-refractivity contribution in [3.63, 3.8) is 0 Å². The first-order valence-corrected chi connectivity index (χ1v) is 6.24. The maximum Gasteiger partial charge on any atom is 0.128 e. The fraction of sp³-hybridized carbons (Fsp3) is 0.538. The van der Waals surface area contributed by atoms with Crippen LogP contribution in [0.2, 0.25) is 0 Å². The van der Waals surface area contributed by atoms with Crippen LogP contribution in [0.1, 0.15) is 12.8 Å². The summed E-state index contributed by atoms with van der Waals surface area (Å²) >= 11 is 0. The predicted octanol–water partition coefficient (Wildman–Crippen LogP) is 1.83. The summed E-state index contributed by atoms with van der Waals surface area (Å²) in [7, 11) is 0. The van der Waals surface area contributed by atoms with Gasteiger partial charge in [0.2, 0.25) is 0 Å². The van der Waals surface area contributed by atoms with Crippen molar-refractivity contribution in [2.24, 2.45) is 0 Å². The van der Waals surface area contributed by atoms with E-state index in [1.54, 1.807) is 0 Å². The molecule has 1 heterocycles. The molecule has 1 aliphatic heterocycles. The molecule has 1 unspecified atom stereocenters. The van der Waals surface area contributed by atoms with E-state index in [0.29, 0.717) is 18.8 Å². The van der Waals surface area contributed by atoms with Crippen molar-refractivity contribution in [3.05, 3.63) is 29.8 Å². The van der Waals surface area contributed by atoms with Gasteiger partial charge in [0.25, 0.3) is 0 Å². The number of hydrogen-bond donors (Lipinski definition) is 2. The lowest BCUT2D eigenvalue weighted by Crippen LogP contribution is -2.34. The van der Waals surface area contributed by atoms with Gasteiger partial charge in [-0.2, -0.15) is 0 Å². The summed E-state index contributed by atoms with van der Waals surface area (Å²) in [6, 6.07) is 3.25. The van der Waals surface area contributed by atoms with Crippen molar-refractivity contribution < 1.29 is 13.9 Å². The van der Waals surface area contributed by atoms with E-state index in [1.165, 1.54) is 25.0 Å². The van der Waals surface area contributed by atoms with Crippen LogP contribution in [0.4, 0.5) is 14.5 Å². The molecule has 5 heteroatoms. The Kier molecular flexibility index (Phi) is 4.49. The van der Waals surface area contributed by atoms with Crippen LogP contribution >= 0.6 is 0 Å². The molecular weight excluding hydrogens is 238 g/mol. The van der Waals surface area contributed by atoms with Crippen LogP contribution in [0.3, 0.4) is 0 Å². The van der Waals surface area contributed by atoms with Gasteiger partial charge < -0.3 is 15.3 Å². The van der Waals surface area contributed by atoms with Crippen LogP contribution in [-0.2, 0) is 0 Å². The van der Waals surface area contributed by atoms with E-state index in [9.17, 15) is 13.9 Å². The maximum absolute atomic E-state index is 12.9. The SMILES string of the molecule is OC(CNc1cc(F)cc(F)c1)CN1CCCC1. The minimum absolute atomic E-state index is 0.291. The molecule has 0 aliphatic carbocycles. The number of halogens is 2. The van der Waals surface area contributed by atoms with Gasteiger partial charge in [0.1, 0.15) is 11.6 Å². The van der Waals surface area contributed by atoms with Gasteiger partial charge in [0.15, 0.2) is 0 Å². The number of aliphatic hydroxyl groups is 1. The monoisotopic (exact) mass is 256 g/mol. The number of nitrogens with one attached hydrogen (secondary N) is 1. The van der Waals surface area contributed by atoms with Gasteiger partial charge in [0, 0.05) is 24.8 Å². The fourth-order valence-electron chi connectivity index (χ4n) is 2.22. The molecule has 100 valence electrons. The topological polar surface area (TPSA) is 35.5 Å². The summed E-state index contributed by atoms with van der Waals surface area (Å²) in [5.74, 6) is -1.24. The van der Waals surface area contributed by atoms with E-state index in [-0.39, 0.29) is 0 Å². The Bertz CT molecular complexity index is 374. The number of likely N-dealkylation sites (tertiary alicyclic amines) is 1. The van der Waals surface area contributed by atoms with Crippen LogP contribution in [0.5, 0.6) is 0 Å². The first-order valence-electron chi connectivity index (χ1n) is 6.24. The summed E-state index contributed by atoms with van der Waals surface area (Å²) in [5.41, 5.74) is 0.355. The second-order valence-electron chi connectivity index (χ2n) is 4.70. The number of aliphatic hydroxyl groups excluding tert-OH is 1. The van der Waals surface area contributed by atoms with Crippen LogP contribution in [0, 0.1) is 11.6 Å². The van der Waals surface area contributed by atoms with Crippen LogP contribution in [0.15, 0.2) is 18.2 Å². The molecule has 0 radical (unpaired) electrons. The normalized spacial score (nSPS) is 17.9. The molecule has 0 bridgehead atoms. The van der Waals surface area contributed by atoms with Crippen LogP contribution in [0.25, 0.3) is 0 Å². The average molecular weight is 256 g/mol. The zero-order chi connectivity index (χ0) is 13.0. The van der Waals surface area contributed by atoms with Gasteiger partial charge in [-0.25, -0.2) is 8.78 Å². The molecule has 1 fully saturated rings. The lowest BCUT2D eigenvalue weighted by atomic mass is 10.2. The van der Waals surface area contributed by atoms with Gasteiger partial charge in [-0.05, 0) is 38.1 Å². The highest BCUT2D eigenvalue weighted by Crippen LogP contribution is 2.13. The molecule has 1 aromatic carbocycles. The molecule has 0 amide bonds. The number of hydrogen-bond acceptors (Lipinski definition) is 3. The van der Waals surface area contributed by atoms with Crippen molar-refractivity contribution in [2.75, 3.05) is 31.5 Å². The standard InChI is InChI=1S/C13H18F2N2O/c14-10-5-11(15)7-12(6-10)16-8-13(18)9-17-3-1-2-4-17/h5-7,13,16,18H,1-4,8-9H2. The quantitative estimate of drug-likeness (QED) is 0.843. The van der Waals surface area contributed by atoms with E-state index in [4.69, 9.17) is 0 Å². The maximum atomic E-state index is 12.9. The fourth-order valence-corrected chi connectivity index (χ4v) is 2.22. The average Bonchev–Trinajstić information content (AvgIpc) is 2.78. The number of nitrogens with zero attached hydrogens (tertiary/aromatic N) is 1. The predicted molar refractivity (Wildman–Crippen MR) is 66.5 cm³/mol. The van der Waals surface area contributed by atoms with E-state index in [0.717, 1.165) is 19.2 Å². The van der Waals surface area contributed by atoms with Crippen molar-refractivity contribution >= 4 is 5.69 Å². The zero-order valence-electron chi connectivity index (χ0n) is 10.2. The van der Waals surface area contributed by atoms with E-state index >= 15 is 0 Å². The summed E-state index contributed by atoms with van der Waals surface area (Å²) in [4.78, 5) is 2.19. The van der Waals surface area contributed by atoms with Gasteiger partial charge in [-0.15, -0.1) is 0 Å². The first kappa shape index (κ1) is 13.2. The molecule has 1 aromatic rings. The summed E-state index contributed by atoms with van der Waals surface area (Å²) in [6.07, 6.45) is 1.82. The lowest BCUT2D eigenvalue weighted by molar-refractivity contribution is 0.135. The minimum atomic E-state index is -0.619. The van der Waals surface area contributed by atoms with Crippen molar-refractivity contribution in [1.29, 1.82) is 0 Å². The molecule has 1 saturated heterocycles. The summed E-state index contributed by atoms with van der Waals surface area (Å²) < 4.78 is 25.9. The van der Waals surface area contributed by atoms with Crippen LogP contribution < -0.4 is 5.32 Å². The smallest absolute Gasteiger partial charge is 0.128 e. The lowest BCUT2D eigenvalue weighted by Gasteiger charge is -2.20. The second-order valence-corrected chi connectivity index (χ2v) is 4.70. The summed E-state index contributed by atoms with van der Waals surface area (Å²) in [6.45, 7) is 2.93. The van der Waals surface area contributed by atoms with E-state index in [1.807, 2.05) is 0 Å². The van der Waals surface area contributed by atoms with Gasteiger partial charge >= 0.3 is 0 Å². The molecule has 0 saturated carbocycles. The number of rotatable bonds is 5. The number of benzene rings is 1. The van der Waals surface area contributed by atoms with Crippen LogP contribution in [-0.4, -0.2) is 42.3 Å². The third-order valence-corrected chi connectivity index (χ3v) is 3.07. The Hall–Kier alpha value is -1.20. The third-order valence-electron chi connectivity index (χ3n) is 3.07. The van der Waals surface area contributed by atoms with Crippen molar-refractivity contribution in [3.8, 4) is 0 Å². The molecule has 3 nitrogen and oxygen atoms in total. The Labute approximate surface area is 105 Å². The molecule has 1 aliphatic rings. The first-order chi connectivity index (χ1) is 8.63. The summed E-state index contributed by atoms with van der Waals surface area (Å²) in [5, 5.41) is 12.7. The number of anilines is 1. The van der Waals surface area contributed by atoms with E-state index in [2.05, 4.69) is 10.2 Å². The van der Waals surface area contributed by atoms with Gasteiger partial charge in [-0.3, -0.25) is 0 Å². The third kappa shape index (κ3) is 3.92. The minimum Gasteiger partial charge on any atom is -0.390 e.